The maximum Gasteiger partial charge on any atom is 0.170 e. The van der Waals surface area contributed by atoms with E-state index in [0.29, 0.717) is 24.4 Å². The molecule has 0 aliphatic heterocycles. The lowest BCUT2D eigenvalue weighted by Crippen LogP contribution is -2.21. The van der Waals surface area contributed by atoms with Gasteiger partial charge in [-0.15, -0.1) is 0 Å². The van der Waals surface area contributed by atoms with Crippen LogP contribution in [0.15, 0.2) is 23.4 Å². The second kappa shape index (κ2) is 6.80. The molecule has 6 heteroatoms. The van der Waals surface area contributed by atoms with Crippen LogP contribution in [-0.2, 0) is 4.74 Å². The average molecular weight is 255 g/mol. The SMILES string of the molecule is COCCCN(C)c1ccc(C(N)=NO)cc1F. The third-order valence-electron chi connectivity index (χ3n) is 2.60. The van der Waals surface area contributed by atoms with E-state index < -0.39 is 5.82 Å². The van der Waals surface area contributed by atoms with E-state index in [9.17, 15) is 4.39 Å². The van der Waals surface area contributed by atoms with Crippen LogP contribution >= 0.6 is 0 Å². The third kappa shape index (κ3) is 3.59. The summed E-state index contributed by atoms with van der Waals surface area (Å²) in [4.78, 5) is 1.80. The molecule has 0 aliphatic rings. The summed E-state index contributed by atoms with van der Waals surface area (Å²) in [6.07, 6.45) is 0.814. The van der Waals surface area contributed by atoms with Gasteiger partial charge in [0, 0.05) is 32.9 Å². The van der Waals surface area contributed by atoms with Crippen LogP contribution in [0.25, 0.3) is 0 Å². The van der Waals surface area contributed by atoms with Gasteiger partial charge in [-0.2, -0.15) is 0 Å². The van der Waals surface area contributed by atoms with Crippen LogP contribution in [0.1, 0.15) is 12.0 Å². The first-order valence-corrected chi connectivity index (χ1v) is 5.57. The van der Waals surface area contributed by atoms with Crippen molar-refractivity contribution in [1.29, 1.82) is 0 Å². The Kier molecular flexibility index (Phi) is 5.38. The van der Waals surface area contributed by atoms with E-state index in [-0.39, 0.29) is 5.84 Å². The summed E-state index contributed by atoms with van der Waals surface area (Å²) >= 11 is 0. The molecule has 1 aromatic rings. The maximum absolute atomic E-state index is 13.8. The highest BCUT2D eigenvalue weighted by Gasteiger charge is 2.09. The average Bonchev–Trinajstić information content (AvgIpc) is 2.37. The standard InChI is InChI=1S/C12H18FN3O2/c1-16(6-3-7-18-2)11-5-4-9(8-10(11)13)12(14)15-17/h4-5,8,17H,3,6-7H2,1-2H3,(H2,14,15). The summed E-state index contributed by atoms with van der Waals surface area (Å²) in [5.74, 6) is -0.512. The predicted octanol–water partition coefficient (Wildman–Crippen LogP) is 1.39. The highest BCUT2D eigenvalue weighted by Crippen LogP contribution is 2.19. The molecule has 0 spiro atoms. The van der Waals surface area contributed by atoms with E-state index in [0.717, 1.165) is 6.42 Å². The molecule has 0 radical (unpaired) electrons. The molecular formula is C12H18FN3O2. The number of amidine groups is 1. The Balaban J connectivity index is 2.78. The Hall–Kier alpha value is -1.82. The monoisotopic (exact) mass is 255 g/mol. The van der Waals surface area contributed by atoms with E-state index in [4.69, 9.17) is 15.7 Å². The molecule has 100 valence electrons. The second-order valence-electron chi connectivity index (χ2n) is 3.92. The number of anilines is 1. The Labute approximate surface area is 106 Å². The van der Waals surface area contributed by atoms with Gasteiger partial charge in [0.1, 0.15) is 5.82 Å². The van der Waals surface area contributed by atoms with Crippen molar-refractivity contribution < 1.29 is 14.3 Å². The minimum atomic E-state index is -0.404. The molecule has 0 heterocycles. The molecule has 3 N–H and O–H groups in total. The molecular weight excluding hydrogens is 237 g/mol. The number of rotatable bonds is 6. The number of halogens is 1. The van der Waals surface area contributed by atoms with Crippen molar-refractivity contribution >= 4 is 11.5 Å². The summed E-state index contributed by atoms with van der Waals surface area (Å²) in [5.41, 5.74) is 6.21. The first kappa shape index (κ1) is 14.2. The number of nitrogens with two attached hydrogens (primary N) is 1. The summed E-state index contributed by atoms with van der Waals surface area (Å²) in [5, 5.41) is 11.3. The quantitative estimate of drug-likeness (QED) is 0.265. The van der Waals surface area contributed by atoms with Crippen molar-refractivity contribution in [2.24, 2.45) is 10.9 Å². The van der Waals surface area contributed by atoms with E-state index in [1.807, 2.05) is 0 Å². The van der Waals surface area contributed by atoms with E-state index in [1.165, 1.54) is 6.07 Å². The molecule has 0 atom stereocenters. The zero-order valence-corrected chi connectivity index (χ0v) is 10.6. The van der Waals surface area contributed by atoms with Crippen molar-refractivity contribution in [2.75, 3.05) is 32.2 Å². The van der Waals surface area contributed by atoms with Crippen LogP contribution in [0.3, 0.4) is 0 Å². The normalized spacial score (nSPS) is 11.6. The number of benzene rings is 1. The minimum Gasteiger partial charge on any atom is -0.409 e. The molecule has 0 saturated heterocycles. The molecule has 5 nitrogen and oxygen atoms in total. The van der Waals surface area contributed by atoms with Gasteiger partial charge in [-0.1, -0.05) is 5.16 Å². The van der Waals surface area contributed by atoms with Crippen LogP contribution in [0, 0.1) is 5.82 Å². The molecule has 1 rings (SSSR count). The lowest BCUT2D eigenvalue weighted by Gasteiger charge is -2.20. The van der Waals surface area contributed by atoms with Crippen LogP contribution in [-0.4, -0.2) is 38.4 Å². The summed E-state index contributed by atoms with van der Waals surface area (Å²) in [7, 11) is 3.43. The fourth-order valence-corrected chi connectivity index (χ4v) is 1.60. The van der Waals surface area contributed by atoms with Crippen molar-refractivity contribution in [3.8, 4) is 0 Å². The molecule has 18 heavy (non-hydrogen) atoms. The lowest BCUT2D eigenvalue weighted by molar-refractivity contribution is 0.196. The molecule has 0 aliphatic carbocycles. The lowest BCUT2D eigenvalue weighted by atomic mass is 10.1. The molecule has 1 aromatic carbocycles. The van der Waals surface area contributed by atoms with Crippen molar-refractivity contribution in [1.82, 2.24) is 0 Å². The zero-order valence-electron chi connectivity index (χ0n) is 10.6. The number of hydrogen-bond donors (Lipinski definition) is 2. The summed E-state index contributed by atoms with van der Waals surface area (Å²) in [6, 6.07) is 4.47. The number of oxime groups is 1. The smallest absolute Gasteiger partial charge is 0.170 e. The third-order valence-corrected chi connectivity index (χ3v) is 2.60. The van der Waals surface area contributed by atoms with Gasteiger partial charge in [0.2, 0.25) is 0 Å². The molecule has 0 aromatic heterocycles. The number of ether oxygens (including phenoxy) is 1. The van der Waals surface area contributed by atoms with Gasteiger partial charge < -0.3 is 20.6 Å². The van der Waals surface area contributed by atoms with E-state index in [1.54, 1.807) is 31.2 Å². The molecule has 0 fully saturated rings. The Bertz CT molecular complexity index is 424. The summed E-state index contributed by atoms with van der Waals surface area (Å²) in [6.45, 7) is 1.32. The Morgan fingerprint density at radius 3 is 2.83 bits per heavy atom. The van der Waals surface area contributed by atoms with Crippen molar-refractivity contribution in [2.45, 2.75) is 6.42 Å². The largest absolute Gasteiger partial charge is 0.409 e. The van der Waals surface area contributed by atoms with Gasteiger partial charge in [0.05, 0.1) is 5.69 Å². The zero-order chi connectivity index (χ0) is 13.5. The topological polar surface area (TPSA) is 71.1 Å². The minimum absolute atomic E-state index is 0.109. The highest BCUT2D eigenvalue weighted by molar-refractivity contribution is 5.97. The molecule has 0 unspecified atom stereocenters. The fraction of sp³-hybridized carbons (Fsp3) is 0.417. The van der Waals surface area contributed by atoms with Crippen molar-refractivity contribution in [3.63, 3.8) is 0 Å². The van der Waals surface area contributed by atoms with E-state index in [2.05, 4.69) is 5.16 Å². The van der Waals surface area contributed by atoms with Gasteiger partial charge in [-0.25, -0.2) is 4.39 Å². The van der Waals surface area contributed by atoms with Gasteiger partial charge in [-0.05, 0) is 24.6 Å². The van der Waals surface area contributed by atoms with E-state index >= 15 is 0 Å². The van der Waals surface area contributed by atoms with Gasteiger partial charge >= 0.3 is 0 Å². The first-order valence-electron chi connectivity index (χ1n) is 5.57. The predicted molar refractivity (Wildman–Crippen MR) is 68.7 cm³/mol. The fourth-order valence-electron chi connectivity index (χ4n) is 1.60. The second-order valence-corrected chi connectivity index (χ2v) is 3.92. The Morgan fingerprint density at radius 1 is 1.56 bits per heavy atom. The molecule has 0 bridgehead atoms. The molecule has 0 amide bonds. The summed E-state index contributed by atoms with van der Waals surface area (Å²) < 4.78 is 18.8. The number of hydrogen-bond acceptors (Lipinski definition) is 4. The highest BCUT2D eigenvalue weighted by atomic mass is 19.1. The molecule has 0 saturated carbocycles. The van der Waals surface area contributed by atoms with Crippen molar-refractivity contribution in [3.05, 3.63) is 29.6 Å². The number of nitrogens with zero attached hydrogens (tertiary/aromatic N) is 2. The van der Waals surface area contributed by atoms with Crippen LogP contribution < -0.4 is 10.6 Å². The first-order chi connectivity index (χ1) is 8.60. The van der Waals surface area contributed by atoms with Gasteiger partial charge in [0.15, 0.2) is 5.84 Å². The Morgan fingerprint density at radius 2 is 2.28 bits per heavy atom. The van der Waals surface area contributed by atoms with Crippen LogP contribution in [0.2, 0.25) is 0 Å². The van der Waals surface area contributed by atoms with Crippen LogP contribution in [0.5, 0.6) is 0 Å². The van der Waals surface area contributed by atoms with Gasteiger partial charge in [0.25, 0.3) is 0 Å². The number of methoxy groups -OCH3 is 1. The van der Waals surface area contributed by atoms with Gasteiger partial charge in [-0.3, -0.25) is 0 Å². The van der Waals surface area contributed by atoms with Crippen LogP contribution in [0.4, 0.5) is 10.1 Å². The maximum atomic E-state index is 13.8.